The minimum atomic E-state index is 0.108. The number of nitrogens with zero attached hydrogens (tertiary/aromatic N) is 2. The number of pyridine rings is 1. The van der Waals surface area contributed by atoms with Crippen LogP contribution in [-0.2, 0) is 5.75 Å². The number of hydrogen-bond acceptors (Lipinski definition) is 4. The standard InChI is InChI=1S/C9H14N4OS/c10-9(11)13-4-5-15-6-7-8(14)2-1-3-12-7/h1-3,14H,4-6H2,(H4,10,11,13). The average molecular weight is 226 g/mol. The summed E-state index contributed by atoms with van der Waals surface area (Å²) < 4.78 is 0. The van der Waals surface area contributed by atoms with Crippen LogP contribution in [0.15, 0.2) is 23.3 Å². The first-order valence-corrected chi connectivity index (χ1v) is 5.61. The summed E-state index contributed by atoms with van der Waals surface area (Å²) in [6.45, 7) is 0.584. The van der Waals surface area contributed by atoms with Crippen molar-refractivity contribution >= 4 is 17.7 Å². The molecule has 5 N–H and O–H groups in total. The molecule has 0 bridgehead atoms. The Hall–Kier alpha value is -1.43. The van der Waals surface area contributed by atoms with E-state index in [0.29, 0.717) is 18.0 Å². The van der Waals surface area contributed by atoms with E-state index in [2.05, 4.69) is 9.98 Å². The van der Waals surface area contributed by atoms with Gasteiger partial charge in [0.2, 0.25) is 0 Å². The molecule has 5 nitrogen and oxygen atoms in total. The molecule has 0 spiro atoms. The van der Waals surface area contributed by atoms with Crippen LogP contribution in [0.5, 0.6) is 5.75 Å². The molecule has 1 heterocycles. The highest BCUT2D eigenvalue weighted by Crippen LogP contribution is 2.18. The lowest BCUT2D eigenvalue weighted by Gasteiger charge is -2.01. The zero-order chi connectivity index (χ0) is 11.1. The number of aromatic nitrogens is 1. The molecular formula is C9H14N4OS. The molecule has 1 aromatic rings. The van der Waals surface area contributed by atoms with Crippen molar-refractivity contribution < 1.29 is 5.11 Å². The van der Waals surface area contributed by atoms with Crippen molar-refractivity contribution in [2.24, 2.45) is 16.5 Å². The Kier molecular flexibility index (Phi) is 4.76. The molecule has 0 aromatic carbocycles. The molecule has 0 saturated carbocycles. The third kappa shape index (κ3) is 4.55. The van der Waals surface area contributed by atoms with E-state index < -0.39 is 0 Å². The van der Waals surface area contributed by atoms with E-state index >= 15 is 0 Å². The lowest BCUT2D eigenvalue weighted by molar-refractivity contribution is 0.467. The molecule has 0 atom stereocenters. The second-order valence-corrected chi connectivity index (χ2v) is 3.93. The maximum atomic E-state index is 9.41. The van der Waals surface area contributed by atoms with E-state index in [1.54, 1.807) is 30.1 Å². The molecule has 1 aromatic heterocycles. The van der Waals surface area contributed by atoms with Gasteiger partial charge in [0.15, 0.2) is 5.96 Å². The summed E-state index contributed by atoms with van der Waals surface area (Å²) in [5, 5.41) is 9.41. The summed E-state index contributed by atoms with van der Waals surface area (Å²) in [6, 6.07) is 3.32. The molecule has 1 rings (SSSR count). The highest BCUT2D eigenvalue weighted by Gasteiger charge is 2.00. The van der Waals surface area contributed by atoms with Gasteiger partial charge in [0.05, 0.1) is 12.2 Å². The predicted octanol–water partition coefficient (Wildman–Crippen LogP) is 0.294. The van der Waals surface area contributed by atoms with Gasteiger partial charge in [-0.1, -0.05) is 0 Å². The van der Waals surface area contributed by atoms with E-state index in [4.69, 9.17) is 11.5 Å². The van der Waals surface area contributed by atoms with Crippen molar-refractivity contribution in [1.29, 1.82) is 0 Å². The maximum absolute atomic E-state index is 9.41. The van der Waals surface area contributed by atoms with Crippen molar-refractivity contribution in [2.75, 3.05) is 12.3 Å². The van der Waals surface area contributed by atoms with Crippen molar-refractivity contribution in [1.82, 2.24) is 4.98 Å². The number of nitrogens with two attached hydrogens (primary N) is 2. The van der Waals surface area contributed by atoms with Gasteiger partial charge in [-0.25, -0.2) is 0 Å². The third-order valence-electron chi connectivity index (χ3n) is 1.63. The SMILES string of the molecule is NC(N)=NCCSCc1ncccc1O. The van der Waals surface area contributed by atoms with Crippen molar-refractivity contribution in [2.45, 2.75) is 5.75 Å². The van der Waals surface area contributed by atoms with Gasteiger partial charge in [-0.2, -0.15) is 11.8 Å². The van der Waals surface area contributed by atoms with Crippen LogP contribution in [0.2, 0.25) is 0 Å². The fraction of sp³-hybridized carbons (Fsp3) is 0.333. The minimum Gasteiger partial charge on any atom is -0.506 e. The summed E-state index contributed by atoms with van der Waals surface area (Å²) in [5.41, 5.74) is 11.0. The molecule has 6 heteroatoms. The lowest BCUT2D eigenvalue weighted by Crippen LogP contribution is -2.23. The van der Waals surface area contributed by atoms with Gasteiger partial charge >= 0.3 is 0 Å². The molecule has 0 aliphatic carbocycles. The average Bonchev–Trinajstić information content (AvgIpc) is 2.20. The summed E-state index contributed by atoms with van der Waals surface area (Å²) in [7, 11) is 0. The summed E-state index contributed by atoms with van der Waals surface area (Å²) in [6.07, 6.45) is 1.66. The normalized spacial score (nSPS) is 9.87. The zero-order valence-corrected chi connectivity index (χ0v) is 9.07. The van der Waals surface area contributed by atoms with E-state index in [1.807, 2.05) is 0 Å². The predicted molar refractivity (Wildman–Crippen MR) is 62.7 cm³/mol. The first-order chi connectivity index (χ1) is 7.20. The Bertz CT molecular complexity index is 339. The number of aliphatic imine (C=N–C) groups is 1. The molecule has 0 radical (unpaired) electrons. The molecule has 0 amide bonds. The Morgan fingerprint density at radius 3 is 3.00 bits per heavy atom. The molecule has 0 aliphatic heterocycles. The van der Waals surface area contributed by atoms with Gasteiger partial charge in [-0.05, 0) is 12.1 Å². The number of guanidine groups is 1. The number of thioether (sulfide) groups is 1. The lowest BCUT2D eigenvalue weighted by atomic mass is 10.3. The first kappa shape index (κ1) is 11.6. The van der Waals surface area contributed by atoms with Crippen LogP contribution in [0.1, 0.15) is 5.69 Å². The number of rotatable bonds is 5. The van der Waals surface area contributed by atoms with E-state index in [0.717, 1.165) is 5.75 Å². The smallest absolute Gasteiger partial charge is 0.185 e. The molecule has 0 fully saturated rings. The Balaban J connectivity index is 2.26. The highest BCUT2D eigenvalue weighted by atomic mass is 32.2. The fourth-order valence-electron chi connectivity index (χ4n) is 0.949. The van der Waals surface area contributed by atoms with E-state index in [9.17, 15) is 5.11 Å². The molecular weight excluding hydrogens is 212 g/mol. The van der Waals surface area contributed by atoms with Gasteiger partial charge in [0, 0.05) is 17.7 Å². The monoisotopic (exact) mass is 226 g/mol. The van der Waals surface area contributed by atoms with Crippen molar-refractivity contribution in [3.63, 3.8) is 0 Å². The quantitative estimate of drug-likeness (QED) is 0.381. The van der Waals surface area contributed by atoms with Crippen LogP contribution < -0.4 is 11.5 Å². The molecule has 0 unspecified atom stereocenters. The minimum absolute atomic E-state index is 0.108. The Morgan fingerprint density at radius 1 is 1.53 bits per heavy atom. The molecule has 0 aliphatic rings. The fourth-order valence-corrected chi connectivity index (χ4v) is 1.73. The van der Waals surface area contributed by atoms with E-state index in [-0.39, 0.29) is 11.7 Å². The van der Waals surface area contributed by atoms with Gasteiger partial charge in [0.1, 0.15) is 5.75 Å². The van der Waals surface area contributed by atoms with E-state index in [1.165, 1.54) is 0 Å². The summed E-state index contributed by atoms with van der Waals surface area (Å²) in [4.78, 5) is 7.90. The first-order valence-electron chi connectivity index (χ1n) is 4.46. The zero-order valence-electron chi connectivity index (χ0n) is 8.26. The molecule has 82 valence electrons. The number of hydrogen-bond donors (Lipinski definition) is 3. The van der Waals surface area contributed by atoms with Crippen LogP contribution >= 0.6 is 11.8 Å². The van der Waals surface area contributed by atoms with Crippen LogP contribution in [0.3, 0.4) is 0 Å². The number of aromatic hydroxyl groups is 1. The topological polar surface area (TPSA) is 97.5 Å². The largest absolute Gasteiger partial charge is 0.506 e. The Labute approximate surface area is 92.6 Å². The Morgan fingerprint density at radius 2 is 2.33 bits per heavy atom. The maximum Gasteiger partial charge on any atom is 0.185 e. The van der Waals surface area contributed by atoms with Gasteiger partial charge < -0.3 is 16.6 Å². The van der Waals surface area contributed by atoms with Gasteiger partial charge in [-0.15, -0.1) is 0 Å². The highest BCUT2D eigenvalue weighted by molar-refractivity contribution is 7.98. The second kappa shape index (κ2) is 6.13. The van der Waals surface area contributed by atoms with Crippen LogP contribution in [-0.4, -0.2) is 28.3 Å². The van der Waals surface area contributed by atoms with Gasteiger partial charge in [0.25, 0.3) is 0 Å². The summed E-state index contributed by atoms with van der Waals surface area (Å²) in [5.74, 6) is 1.80. The second-order valence-electron chi connectivity index (χ2n) is 2.83. The van der Waals surface area contributed by atoms with Gasteiger partial charge in [-0.3, -0.25) is 9.98 Å². The van der Waals surface area contributed by atoms with Crippen LogP contribution in [0.4, 0.5) is 0 Å². The van der Waals surface area contributed by atoms with Crippen LogP contribution in [0.25, 0.3) is 0 Å². The van der Waals surface area contributed by atoms with Crippen molar-refractivity contribution in [3.05, 3.63) is 24.0 Å². The molecule has 0 saturated heterocycles. The van der Waals surface area contributed by atoms with Crippen LogP contribution in [0, 0.1) is 0 Å². The summed E-state index contributed by atoms with van der Waals surface area (Å²) >= 11 is 1.62. The third-order valence-corrected chi connectivity index (χ3v) is 2.58. The van der Waals surface area contributed by atoms with Crippen molar-refractivity contribution in [3.8, 4) is 5.75 Å². The molecule has 15 heavy (non-hydrogen) atoms.